The van der Waals surface area contributed by atoms with E-state index in [1.54, 1.807) is 24.3 Å². The van der Waals surface area contributed by atoms with Gasteiger partial charge in [0.25, 0.3) is 0 Å². The molecule has 0 spiro atoms. The molecule has 1 aliphatic heterocycles. The molecule has 1 aliphatic rings. The summed E-state index contributed by atoms with van der Waals surface area (Å²) >= 11 is 0. The number of hydrogen-bond acceptors (Lipinski definition) is 4. The summed E-state index contributed by atoms with van der Waals surface area (Å²) in [6.07, 6.45) is 1.81. The lowest BCUT2D eigenvalue weighted by atomic mass is 10.1. The van der Waals surface area contributed by atoms with Crippen molar-refractivity contribution in [3.63, 3.8) is 0 Å². The molecule has 2 rings (SSSR count). The van der Waals surface area contributed by atoms with Crippen molar-refractivity contribution in [3.05, 3.63) is 24.3 Å². The van der Waals surface area contributed by atoms with Gasteiger partial charge in [-0.25, -0.2) is 13.1 Å². The predicted octanol–water partition coefficient (Wildman–Crippen LogP) is 2.17. The third-order valence-electron chi connectivity index (χ3n) is 3.48. The minimum Gasteiger partial charge on any atom is -0.494 e. The van der Waals surface area contributed by atoms with Crippen LogP contribution in [0.5, 0.6) is 5.75 Å². The monoisotopic (exact) mass is 348 g/mol. The van der Waals surface area contributed by atoms with Gasteiger partial charge in [-0.1, -0.05) is 13.8 Å². The quantitative estimate of drug-likeness (QED) is 0.792. The minimum atomic E-state index is -3.44. The first kappa shape index (κ1) is 19.2. The van der Waals surface area contributed by atoms with E-state index in [2.05, 4.69) is 23.9 Å². The van der Waals surface area contributed by atoms with Gasteiger partial charge in [-0.3, -0.25) is 0 Å². The van der Waals surface area contributed by atoms with Gasteiger partial charge in [0.1, 0.15) is 5.75 Å². The van der Waals surface area contributed by atoms with Crippen LogP contribution in [0.3, 0.4) is 0 Å². The van der Waals surface area contributed by atoms with E-state index in [0.29, 0.717) is 24.8 Å². The predicted molar refractivity (Wildman–Crippen MR) is 90.2 cm³/mol. The molecule has 5 nitrogen and oxygen atoms in total. The van der Waals surface area contributed by atoms with Gasteiger partial charge in [-0.05, 0) is 49.6 Å². The molecule has 1 heterocycles. The van der Waals surface area contributed by atoms with Crippen LogP contribution in [0.2, 0.25) is 0 Å². The molecule has 0 aliphatic carbocycles. The van der Waals surface area contributed by atoms with Gasteiger partial charge in [0.05, 0.1) is 11.5 Å². The molecule has 7 heteroatoms. The fourth-order valence-electron chi connectivity index (χ4n) is 2.17. The summed E-state index contributed by atoms with van der Waals surface area (Å²) in [7, 11) is -3.44. The Bertz CT molecular complexity index is 540. The molecule has 0 aromatic heterocycles. The van der Waals surface area contributed by atoms with Crippen molar-refractivity contribution in [2.24, 2.45) is 5.92 Å². The lowest BCUT2D eigenvalue weighted by Gasteiger charge is -2.13. The second-order valence-electron chi connectivity index (χ2n) is 5.81. The molecule has 0 radical (unpaired) electrons. The largest absolute Gasteiger partial charge is 0.494 e. The maximum absolute atomic E-state index is 12.2. The van der Waals surface area contributed by atoms with E-state index in [4.69, 9.17) is 4.74 Å². The summed E-state index contributed by atoms with van der Waals surface area (Å²) in [6.45, 7) is 6.48. The summed E-state index contributed by atoms with van der Waals surface area (Å²) in [5.74, 6) is 1.30. The molecule has 1 aromatic rings. The Labute approximate surface area is 139 Å². The molecule has 22 heavy (non-hydrogen) atoms. The Morgan fingerprint density at radius 2 is 2.00 bits per heavy atom. The number of benzene rings is 1. The van der Waals surface area contributed by atoms with Gasteiger partial charge < -0.3 is 10.1 Å². The Morgan fingerprint density at radius 1 is 1.32 bits per heavy atom. The lowest BCUT2D eigenvalue weighted by Crippen LogP contribution is -2.36. The van der Waals surface area contributed by atoms with E-state index in [1.807, 2.05) is 0 Å². The number of halogens is 1. The first-order valence-corrected chi connectivity index (χ1v) is 8.91. The van der Waals surface area contributed by atoms with Crippen LogP contribution in [0.1, 0.15) is 26.7 Å². The highest BCUT2D eigenvalue weighted by Crippen LogP contribution is 2.17. The normalized spacial score (nSPS) is 18.2. The van der Waals surface area contributed by atoms with Crippen molar-refractivity contribution in [2.75, 3.05) is 19.7 Å². The van der Waals surface area contributed by atoms with Crippen LogP contribution in [0.15, 0.2) is 29.2 Å². The van der Waals surface area contributed by atoms with Crippen molar-refractivity contribution in [2.45, 2.75) is 37.6 Å². The highest BCUT2D eigenvalue weighted by molar-refractivity contribution is 7.89. The summed E-state index contributed by atoms with van der Waals surface area (Å²) in [4.78, 5) is 0.283. The molecule has 1 saturated heterocycles. The number of ether oxygens (including phenoxy) is 1. The fourth-order valence-corrected chi connectivity index (χ4v) is 3.44. The Balaban J connectivity index is 0.00000242. The minimum absolute atomic E-state index is 0. The average Bonchev–Trinajstić information content (AvgIpc) is 2.91. The van der Waals surface area contributed by atoms with E-state index in [9.17, 15) is 8.42 Å². The van der Waals surface area contributed by atoms with E-state index < -0.39 is 10.0 Å². The number of sulfonamides is 1. The first-order valence-electron chi connectivity index (χ1n) is 7.43. The maximum Gasteiger partial charge on any atom is 0.240 e. The zero-order valence-corrected chi connectivity index (χ0v) is 14.7. The number of rotatable bonds is 7. The van der Waals surface area contributed by atoms with E-state index in [-0.39, 0.29) is 23.3 Å². The van der Waals surface area contributed by atoms with Gasteiger partial charge in [-0.2, -0.15) is 0 Å². The molecular weight excluding hydrogens is 324 g/mol. The summed E-state index contributed by atoms with van der Waals surface area (Å²) in [6, 6.07) is 6.59. The van der Waals surface area contributed by atoms with Crippen LogP contribution < -0.4 is 14.8 Å². The van der Waals surface area contributed by atoms with Gasteiger partial charge in [0, 0.05) is 12.6 Å². The zero-order valence-electron chi connectivity index (χ0n) is 13.0. The molecule has 1 atom stereocenters. The second kappa shape index (κ2) is 8.72. The maximum atomic E-state index is 12.2. The van der Waals surface area contributed by atoms with Crippen molar-refractivity contribution in [1.82, 2.24) is 10.0 Å². The Morgan fingerprint density at radius 3 is 2.55 bits per heavy atom. The Kier molecular flexibility index (Phi) is 7.62. The van der Waals surface area contributed by atoms with Gasteiger partial charge in [0.15, 0.2) is 0 Å². The van der Waals surface area contributed by atoms with Crippen molar-refractivity contribution in [1.29, 1.82) is 0 Å². The van der Waals surface area contributed by atoms with Gasteiger partial charge >= 0.3 is 0 Å². The van der Waals surface area contributed by atoms with Crippen LogP contribution >= 0.6 is 12.4 Å². The third-order valence-corrected chi connectivity index (χ3v) is 5.02. The fraction of sp³-hybridized carbons (Fsp3) is 0.600. The average molecular weight is 349 g/mol. The summed E-state index contributed by atoms with van der Waals surface area (Å²) in [5, 5.41) is 3.14. The van der Waals surface area contributed by atoms with E-state index >= 15 is 0 Å². The van der Waals surface area contributed by atoms with Gasteiger partial charge in [-0.15, -0.1) is 12.4 Å². The van der Waals surface area contributed by atoms with Crippen LogP contribution in [-0.4, -0.2) is 34.2 Å². The molecule has 1 aromatic carbocycles. The van der Waals surface area contributed by atoms with Crippen molar-refractivity contribution in [3.8, 4) is 5.75 Å². The summed E-state index contributed by atoms with van der Waals surface area (Å²) < 4.78 is 32.8. The number of nitrogens with one attached hydrogen (secondary N) is 2. The van der Waals surface area contributed by atoms with Crippen LogP contribution in [-0.2, 0) is 10.0 Å². The van der Waals surface area contributed by atoms with E-state index in [0.717, 1.165) is 19.4 Å². The first-order chi connectivity index (χ1) is 9.97. The van der Waals surface area contributed by atoms with Crippen molar-refractivity contribution >= 4 is 22.4 Å². The highest BCUT2D eigenvalue weighted by Gasteiger charge is 2.22. The van der Waals surface area contributed by atoms with Crippen LogP contribution in [0.25, 0.3) is 0 Å². The molecule has 0 bridgehead atoms. The molecule has 126 valence electrons. The SMILES string of the molecule is CC(C)CCOc1ccc(S(=O)(=O)NC2CCNC2)cc1.Cl. The topological polar surface area (TPSA) is 67.4 Å². The molecule has 0 amide bonds. The second-order valence-corrected chi connectivity index (χ2v) is 7.53. The standard InChI is InChI=1S/C15H24N2O3S.ClH/c1-12(2)8-10-20-14-3-5-15(6-4-14)21(18,19)17-13-7-9-16-11-13;/h3-6,12-13,16-17H,7-11H2,1-2H3;1H. The molecular formula is C15H25ClN2O3S. The zero-order chi connectivity index (χ0) is 15.3. The molecule has 0 saturated carbocycles. The van der Waals surface area contributed by atoms with Crippen LogP contribution in [0.4, 0.5) is 0 Å². The van der Waals surface area contributed by atoms with Crippen molar-refractivity contribution < 1.29 is 13.2 Å². The smallest absolute Gasteiger partial charge is 0.240 e. The molecule has 1 fully saturated rings. The lowest BCUT2D eigenvalue weighted by molar-refractivity contribution is 0.289. The molecule has 1 unspecified atom stereocenters. The third kappa shape index (κ3) is 5.76. The molecule has 2 N–H and O–H groups in total. The van der Waals surface area contributed by atoms with Crippen LogP contribution in [0, 0.1) is 5.92 Å². The van der Waals surface area contributed by atoms with E-state index in [1.165, 1.54) is 0 Å². The van der Waals surface area contributed by atoms with Gasteiger partial charge in [0.2, 0.25) is 10.0 Å². The highest BCUT2D eigenvalue weighted by atomic mass is 35.5. The number of hydrogen-bond donors (Lipinski definition) is 2. The Hall–Kier alpha value is -0.820. The summed E-state index contributed by atoms with van der Waals surface area (Å²) in [5.41, 5.74) is 0.